The molecule has 2 saturated carbocycles. The van der Waals surface area contributed by atoms with Gasteiger partial charge in [-0.1, -0.05) is 19.3 Å². The molecule has 0 radical (unpaired) electrons. The van der Waals surface area contributed by atoms with E-state index in [9.17, 15) is 9.59 Å². The van der Waals surface area contributed by atoms with Crippen molar-refractivity contribution >= 4 is 28.3 Å². The summed E-state index contributed by atoms with van der Waals surface area (Å²) in [6.07, 6.45) is 7.82. The highest BCUT2D eigenvalue weighted by molar-refractivity contribution is 7.15. The van der Waals surface area contributed by atoms with Crippen molar-refractivity contribution in [2.24, 2.45) is 11.8 Å². The number of aromatic nitrogens is 1. The number of carbonyl (C=O) groups excluding carboxylic acids is 2. The van der Waals surface area contributed by atoms with E-state index in [0.29, 0.717) is 11.0 Å². The summed E-state index contributed by atoms with van der Waals surface area (Å²) in [6.45, 7) is 4.82. The molecule has 1 aromatic rings. The molecule has 0 aliphatic heterocycles. The Morgan fingerprint density at radius 3 is 2.46 bits per heavy atom. The molecule has 1 N–H and O–H groups in total. The molecule has 0 aromatic carbocycles. The first-order valence-electron chi connectivity index (χ1n) is 9.05. The summed E-state index contributed by atoms with van der Waals surface area (Å²) >= 11 is 1.49. The van der Waals surface area contributed by atoms with Gasteiger partial charge < -0.3 is 10.2 Å². The Hall–Kier alpha value is -1.43. The molecule has 2 amide bonds. The number of nitrogens with zero attached hydrogens (tertiary/aromatic N) is 2. The fourth-order valence-electron chi connectivity index (χ4n) is 3.31. The van der Waals surface area contributed by atoms with Crippen LogP contribution in [0.1, 0.15) is 55.5 Å². The van der Waals surface area contributed by atoms with Crippen LogP contribution in [0.3, 0.4) is 0 Å². The van der Waals surface area contributed by atoms with Crippen molar-refractivity contribution in [2.75, 3.05) is 18.4 Å². The van der Waals surface area contributed by atoms with Gasteiger partial charge in [0.05, 0.1) is 12.2 Å². The van der Waals surface area contributed by atoms with Gasteiger partial charge in [0.25, 0.3) is 0 Å². The molecule has 1 heterocycles. The van der Waals surface area contributed by atoms with Crippen LogP contribution in [0.2, 0.25) is 0 Å². The molecule has 0 spiro atoms. The first kappa shape index (κ1) is 17.4. The highest BCUT2D eigenvalue weighted by atomic mass is 32.1. The second kappa shape index (κ2) is 7.64. The molecule has 1 aromatic heterocycles. The lowest BCUT2D eigenvalue weighted by Crippen LogP contribution is -2.43. The maximum absolute atomic E-state index is 12.8. The number of thiazole rings is 1. The monoisotopic (exact) mass is 349 g/mol. The zero-order valence-electron chi connectivity index (χ0n) is 14.6. The van der Waals surface area contributed by atoms with Crippen LogP contribution in [0.25, 0.3) is 0 Å². The second-order valence-corrected chi connectivity index (χ2v) is 8.41. The lowest BCUT2D eigenvalue weighted by Gasteiger charge is -2.29. The molecule has 0 bridgehead atoms. The maximum atomic E-state index is 12.8. The van der Waals surface area contributed by atoms with Gasteiger partial charge in [-0.05, 0) is 45.4 Å². The number of carbonyl (C=O) groups is 2. The van der Waals surface area contributed by atoms with Gasteiger partial charge in [-0.2, -0.15) is 0 Å². The molecule has 6 heteroatoms. The van der Waals surface area contributed by atoms with Crippen molar-refractivity contribution in [3.63, 3.8) is 0 Å². The molecule has 0 saturated heterocycles. The minimum atomic E-state index is -0.131. The number of rotatable bonds is 6. The number of hydrogen-bond acceptors (Lipinski definition) is 4. The summed E-state index contributed by atoms with van der Waals surface area (Å²) in [7, 11) is 0. The van der Waals surface area contributed by atoms with Crippen LogP contribution in [-0.2, 0) is 9.59 Å². The van der Waals surface area contributed by atoms with E-state index in [4.69, 9.17) is 0 Å². The van der Waals surface area contributed by atoms with E-state index in [0.717, 1.165) is 42.8 Å². The van der Waals surface area contributed by atoms with Crippen molar-refractivity contribution in [3.8, 4) is 0 Å². The molecular formula is C18H27N3O2S. The predicted molar refractivity (Wildman–Crippen MR) is 96.1 cm³/mol. The number of hydrogen-bond donors (Lipinski definition) is 1. The van der Waals surface area contributed by atoms with Crippen LogP contribution in [-0.4, -0.2) is 34.8 Å². The van der Waals surface area contributed by atoms with Gasteiger partial charge in [-0.15, -0.1) is 11.3 Å². The maximum Gasteiger partial charge on any atom is 0.245 e. The zero-order valence-corrected chi connectivity index (χ0v) is 15.5. The SMILES string of the molecule is Cc1nc(NC(=O)CN(CC2CC2)C(=O)C2CCCCC2)sc1C. The molecule has 0 unspecified atom stereocenters. The van der Waals surface area contributed by atoms with Crippen molar-refractivity contribution in [1.82, 2.24) is 9.88 Å². The first-order chi connectivity index (χ1) is 11.5. The zero-order chi connectivity index (χ0) is 17.1. The fraction of sp³-hybridized carbons (Fsp3) is 0.722. The number of anilines is 1. The average molecular weight is 350 g/mol. The highest BCUT2D eigenvalue weighted by Crippen LogP contribution is 2.32. The molecule has 3 rings (SSSR count). The minimum Gasteiger partial charge on any atom is -0.333 e. The average Bonchev–Trinajstić information content (AvgIpc) is 3.32. The van der Waals surface area contributed by atoms with E-state index in [1.807, 2.05) is 13.8 Å². The molecule has 24 heavy (non-hydrogen) atoms. The largest absolute Gasteiger partial charge is 0.333 e. The van der Waals surface area contributed by atoms with Gasteiger partial charge in [-0.25, -0.2) is 4.98 Å². The van der Waals surface area contributed by atoms with Gasteiger partial charge in [0.1, 0.15) is 0 Å². The van der Waals surface area contributed by atoms with E-state index in [2.05, 4.69) is 10.3 Å². The standard InChI is InChI=1S/C18H27N3O2S/c1-12-13(2)24-18(19-12)20-16(22)11-21(10-14-8-9-14)17(23)15-6-4-3-5-7-15/h14-15H,3-11H2,1-2H3,(H,19,20,22). The number of nitrogens with one attached hydrogen (secondary N) is 1. The highest BCUT2D eigenvalue weighted by Gasteiger charge is 2.32. The molecule has 0 atom stereocenters. The Bertz CT molecular complexity index is 584. The third kappa shape index (κ3) is 4.56. The van der Waals surface area contributed by atoms with Crippen molar-refractivity contribution in [1.29, 1.82) is 0 Å². The van der Waals surface area contributed by atoms with Crippen molar-refractivity contribution in [2.45, 2.75) is 58.8 Å². The fourth-order valence-corrected chi connectivity index (χ4v) is 4.14. The van der Waals surface area contributed by atoms with Crippen molar-refractivity contribution < 1.29 is 9.59 Å². The van der Waals surface area contributed by atoms with Crippen molar-refractivity contribution in [3.05, 3.63) is 10.6 Å². The Morgan fingerprint density at radius 2 is 1.88 bits per heavy atom. The van der Waals surface area contributed by atoms with Crippen LogP contribution in [0.4, 0.5) is 5.13 Å². The van der Waals surface area contributed by atoms with Crippen LogP contribution >= 0.6 is 11.3 Å². The van der Waals surface area contributed by atoms with Gasteiger partial charge >= 0.3 is 0 Å². The predicted octanol–water partition coefficient (Wildman–Crippen LogP) is 3.52. The summed E-state index contributed by atoms with van der Waals surface area (Å²) in [4.78, 5) is 32.5. The second-order valence-electron chi connectivity index (χ2n) is 7.21. The van der Waals surface area contributed by atoms with E-state index in [1.54, 1.807) is 4.90 Å². The molecule has 2 aliphatic carbocycles. The summed E-state index contributed by atoms with van der Waals surface area (Å²) in [5.74, 6) is 0.765. The normalized spacial score (nSPS) is 18.4. The summed E-state index contributed by atoms with van der Waals surface area (Å²) < 4.78 is 0. The Labute approximate surface area is 147 Å². The molecule has 5 nitrogen and oxygen atoms in total. The Balaban J connectivity index is 1.60. The Kier molecular flexibility index (Phi) is 5.54. The number of amides is 2. The van der Waals surface area contributed by atoms with Crippen LogP contribution < -0.4 is 5.32 Å². The van der Waals surface area contributed by atoms with Gasteiger partial charge in [0.15, 0.2) is 5.13 Å². The quantitative estimate of drug-likeness (QED) is 0.855. The Morgan fingerprint density at radius 1 is 1.17 bits per heavy atom. The minimum absolute atomic E-state index is 0.120. The van der Waals surface area contributed by atoms with Gasteiger partial charge in [-0.3, -0.25) is 9.59 Å². The van der Waals surface area contributed by atoms with Crippen LogP contribution in [0.5, 0.6) is 0 Å². The lowest BCUT2D eigenvalue weighted by atomic mass is 9.88. The molecule has 2 aliphatic rings. The summed E-state index contributed by atoms with van der Waals surface area (Å²) in [5, 5.41) is 3.49. The van der Waals surface area contributed by atoms with Gasteiger partial charge in [0, 0.05) is 17.3 Å². The van der Waals surface area contributed by atoms with Gasteiger partial charge in [0.2, 0.25) is 11.8 Å². The van der Waals surface area contributed by atoms with E-state index >= 15 is 0 Å². The topological polar surface area (TPSA) is 62.3 Å². The molecule has 132 valence electrons. The molecule has 2 fully saturated rings. The van der Waals surface area contributed by atoms with E-state index in [1.165, 1.54) is 30.6 Å². The number of aryl methyl sites for hydroxylation is 2. The summed E-state index contributed by atoms with van der Waals surface area (Å²) in [6, 6.07) is 0. The van der Waals surface area contributed by atoms with E-state index < -0.39 is 0 Å². The third-order valence-electron chi connectivity index (χ3n) is 5.05. The first-order valence-corrected chi connectivity index (χ1v) is 9.87. The summed E-state index contributed by atoms with van der Waals surface area (Å²) in [5.41, 5.74) is 0.948. The smallest absolute Gasteiger partial charge is 0.245 e. The third-order valence-corrected chi connectivity index (χ3v) is 6.04. The van der Waals surface area contributed by atoms with E-state index in [-0.39, 0.29) is 24.3 Å². The van der Waals surface area contributed by atoms with Crippen LogP contribution in [0, 0.1) is 25.7 Å². The molecular weight excluding hydrogens is 322 g/mol. The van der Waals surface area contributed by atoms with Crippen LogP contribution in [0.15, 0.2) is 0 Å². The lowest BCUT2D eigenvalue weighted by molar-refractivity contribution is -0.139.